The highest BCUT2D eigenvalue weighted by molar-refractivity contribution is 6.35. The number of rotatable bonds is 3. The number of nitrogens with two attached hydrogens (primary N) is 1. The molecule has 0 fully saturated rings. The van der Waals surface area contributed by atoms with Gasteiger partial charge in [0.25, 0.3) is 0 Å². The monoisotopic (exact) mass is 310 g/mol. The normalized spacial score (nSPS) is 10.4. The van der Waals surface area contributed by atoms with Gasteiger partial charge in [-0.15, -0.1) is 5.10 Å². The molecule has 104 valence electrons. The van der Waals surface area contributed by atoms with E-state index in [-0.39, 0.29) is 11.7 Å². The van der Waals surface area contributed by atoms with Gasteiger partial charge in [0.1, 0.15) is 11.6 Å². The SMILES string of the molecule is Cc1nnc(Oc2ccc(Cl)cc2Cl)c(C(=N)N)c1C. The summed E-state index contributed by atoms with van der Waals surface area (Å²) in [6.07, 6.45) is 0. The van der Waals surface area contributed by atoms with Crippen LogP contribution in [0.4, 0.5) is 0 Å². The lowest BCUT2D eigenvalue weighted by Gasteiger charge is -2.13. The van der Waals surface area contributed by atoms with Crippen LogP contribution in [0.5, 0.6) is 11.6 Å². The van der Waals surface area contributed by atoms with Gasteiger partial charge >= 0.3 is 0 Å². The predicted octanol–water partition coefficient (Wildman–Crippen LogP) is 3.48. The number of aryl methyl sites for hydroxylation is 1. The Morgan fingerprint density at radius 3 is 2.55 bits per heavy atom. The molecule has 0 aliphatic rings. The molecule has 5 nitrogen and oxygen atoms in total. The van der Waals surface area contributed by atoms with Crippen LogP contribution in [0.2, 0.25) is 10.0 Å². The molecule has 2 rings (SSSR count). The van der Waals surface area contributed by atoms with Gasteiger partial charge in [0.05, 0.1) is 16.3 Å². The molecule has 2 aromatic rings. The van der Waals surface area contributed by atoms with Crippen LogP contribution in [0.15, 0.2) is 18.2 Å². The second-order valence-corrected chi connectivity index (χ2v) is 5.02. The molecule has 1 aromatic heterocycles. The van der Waals surface area contributed by atoms with Gasteiger partial charge in [-0.25, -0.2) is 0 Å². The smallest absolute Gasteiger partial charge is 0.250 e. The molecule has 20 heavy (non-hydrogen) atoms. The highest BCUT2D eigenvalue weighted by Gasteiger charge is 2.16. The number of ether oxygens (including phenoxy) is 1. The molecular formula is C13H12Cl2N4O. The van der Waals surface area contributed by atoms with Crippen molar-refractivity contribution in [3.63, 3.8) is 0 Å². The molecule has 0 saturated carbocycles. The van der Waals surface area contributed by atoms with E-state index in [1.54, 1.807) is 32.0 Å². The van der Waals surface area contributed by atoms with Crippen LogP contribution in [-0.4, -0.2) is 16.0 Å². The number of aromatic nitrogens is 2. The summed E-state index contributed by atoms with van der Waals surface area (Å²) in [6, 6.07) is 4.82. The Labute approximate surface area is 126 Å². The Balaban J connectivity index is 2.48. The zero-order valence-electron chi connectivity index (χ0n) is 10.9. The quantitative estimate of drug-likeness (QED) is 0.671. The van der Waals surface area contributed by atoms with Crippen LogP contribution in [0, 0.1) is 19.3 Å². The molecule has 0 atom stereocenters. The lowest BCUT2D eigenvalue weighted by Crippen LogP contribution is -2.16. The molecule has 0 bridgehead atoms. The number of amidine groups is 1. The van der Waals surface area contributed by atoms with Gasteiger partial charge in [-0.1, -0.05) is 23.2 Å². The van der Waals surface area contributed by atoms with Crippen LogP contribution in [-0.2, 0) is 0 Å². The van der Waals surface area contributed by atoms with Crippen LogP contribution >= 0.6 is 23.2 Å². The predicted molar refractivity (Wildman–Crippen MR) is 79.1 cm³/mol. The average Bonchev–Trinajstić information content (AvgIpc) is 2.36. The highest BCUT2D eigenvalue weighted by Crippen LogP contribution is 2.32. The minimum atomic E-state index is -0.138. The van der Waals surface area contributed by atoms with Crippen molar-refractivity contribution in [3.05, 3.63) is 45.1 Å². The lowest BCUT2D eigenvalue weighted by atomic mass is 10.1. The van der Waals surface area contributed by atoms with Crippen molar-refractivity contribution in [2.24, 2.45) is 5.73 Å². The number of nitrogen functional groups attached to an aromatic ring is 1. The summed E-state index contributed by atoms with van der Waals surface area (Å²) in [5.74, 6) is 0.376. The third kappa shape index (κ3) is 2.84. The number of hydrogen-bond donors (Lipinski definition) is 2. The first-order valence-corrected chi connectivity index (χ1v) is 6.47. The summed E-state index contributed by atoms with van der Waals surface area (Å²) >= 11 is 11.9. The van der Waals surface area contributed by atoms with Gasteiger partial charge in [0.2, 0.25) is 5.88 Å². The van der Waals surface area contributed by atoms with Crippen LogP contribution < -0.4 is 10.5 Å². The zero-order chi connectivity index (χ0) is 14.9. The van der Waals surface area contributed by atoms with E-state index >= 15 is 0 Å². The largest absolute Gasteiger partial charge is 0.435 e. The Morgan fingerprint density at radius 2 is 1.95 bits per heavy atom. The Hall–Kier alpha value is -1.85. The first kappa shape index (κ1) is 14.6. The zero-order valence-corrected chi connectivity index (χ0v) is 12.4. The van der Waals surface area contributed by atoms with Crippen molar-refractivity contribution in [1.82, 2.24) is 10.2 Å². The van der Waals surface area contributed by atoms with E-state index < -0.39 is 0 Å². The van der Waals surface area contributed by atoms with E-state index in [1.807, 2.05) is 0 Å². The third-order valence-electron chi connectivity index (χ3n) is 2.79. The van der Waals surface area contributed by atoms with Crippen LogP contribution in [0.1, 0.15) is 16.8 Å². The summed E-state index contributed by atoms with van der Waals surface area (Å²) in [5.41, 5.74) is 7.42. The summed E-state index contributed by atoms with van der Waals surface area (Å²) < 4.78 is 5.61. The van der Waals surface area contributed by atoms with E-state index in [0.29, 0.717) is 27.1 Å². The fraction of sp³-hybridized carbons (Fsp3) is 0.154. The van der Waals surface area contributed by atoms with Crippen LogP contribution in [0.3, 0.4) is 0 Å². The molecular weight excluding hydrogens is 299 g/mol. The summed E-state index contributed by atoms with van der Waals surface area (Å²) in [6.45, 7) is 3.59. The van der Waals surface area contributed by atoms with Gasteiger partial charge in [-0.05, 0) is 37.6 Å². The minimum absolute atomic E-state index is 0.138. The van der Waals surface area contributed by atoms with Crippen molar-refractivity contribution < 1.29 is 4.74 Å². The van der Waals surface area contributed by atoms with E-state index in [1.165, 1.54) is 0 Å². The second kappa shape index (κ2) is 5.64. The van der Waals surface area contributed by atoms with Gasteiger partial charge in [0, 0.05) is 5.02 Å². The summed E-state index contributed by atoms with van der Waals surface area (Å²) in [7, 11) is 0. The van der Waals surface area contributed by atoms with Crippen molar-refractivity contribution >= 4 is 29.0 Å². The van der Waals surface area contributed by atoms with Crippen LogP contribution in [0.25, 0.3) is 0 Å². The van der Waals surface area contributed by atoms with Crippen molar-refractivity contribution in [2.45, 2.75) is 13.8 Å². The molecule has 0 saturated heterocycles. The van der Waals surface area contributed by atoms with Gasteiger partial charge in [-0.3, -0.25) is 5.41 Å². The molecule has 1 heterocycles. The molecule has 0 aliphatic carbocycles. The first-order valence-electron chi connectivity index (χ1n) is 5.71. The van der Waals surface area contributed by atoms with Crippen molar-refractivity contribution in [2.75, 3.05) is 0 Å². The number of halogens is 2. The molecule has 0 amide bonds. The van der Waals surface area contributed by atoms with Gasteiger partial charge in [-0.2, -0.15) is 5.10 Å². The van der Waals surface area contributed by atoms with E-state index in [9.17, 15) is 0 Å². The molecule has 0 aliphatic heterocycles. The van der Waals surface area contributed by atoms with E-state index in [2.05, 4.69) is 10.2 Å². The molecule has 3 N–H and O–H groups in total. The fourth-order valence-electron chi connectivity index (χ4n) is 1.64. The number of nitrogens with zero attached hydrogens (tertiary/aromatic N) is 2. The highest BCUT2D eigenvalue weighted by atomic mass is 35.5. The topological polar surface area (TPSA) is 84.9 Å². The average molecular weight is 311 g/mol. The standard InChI is InChI=1S/C13H12Cl2N4O/c1-6-7(2)18-19-13(11(6)12(16)17)20-10-4-3-8(14)5-9(10)15/h3-5H,1-2H3,(H3,16,17). The third-order valence-corrected chi connectivity index (χ3v) is 3.32. The molecule has 1 aromatic carbocycles. The van der Waals surface area contributed by atoms with Gasteiger partial charge < -0.3 is 10.5 Å². The first-order chi connectivity index (χ1) is 9.40. The van der Waals surface area contributed by atoms with Gasteiger partial charge in [0.15, 0.2) is 0 Å². The summed E-state index contributed by atoms with van der Waals surface area (Å²) in [4.78, 5) is 0. The van der Waals surface area contributed by atoms with E-state index in [0.717, 1.165) is 5.56 Å². The molecule has 0 unspecified atom stereocenters. The Morgan fingerprint density at radius 1 is 1.25 bits per heavy atom. The maximum absolute atomic E-state index is 7.64. The number of hydrogen-bond acceptors (Lipinski definition) is 4. The summed E-state index contributed by atoms with van der Waals surface area (Å²) in [5, 5.41) is 16.4. The second-order valence-electron chi connectivity index (χ2n) is 4.18. The van der Waals surface area contributed by atoms with Crippen molar-refractivity contribution in [3.8, 4) is 11.6 Å². The lowest BCUT2D eigenvalue weighted by molar-refractivity contribution is 0.452. The van der Waals surface area contributed by atoms with Crippen molar-refractivity contribution in [1.29, 1.82) is 5.41 Å². The molecule has 7 heteroatoms. The molecule has 0 spiro atoms. The Kier molecular flexibility index (Phi) is 4.11. The Bertz CT molecular complexity index is 688. The maximum atomic E-state index is 7.64. The minimum Gasteiger partial charge on any atom is -0.435 e. The maximum Gasteiger partial charge on any atom is 0.250 e. The fourth-order valence-corrected chi connectivity index (χ4v) is 2.08. The number of nitrogens with one attached hydrogen (secondary N) is 1. The van der Waals surface area contributed by atoms with E-state index in [4.69, 9.17) is 39.1 Å². The molecule has 0 radical (unpaired) electrons. The number of benzene rings is 1.